The number of aliphatic imine (C=N–C) groups is 1. The molecule has 2 heterocycles. The molecule has 2 unspecified atom stereocenters. The second-order valence-electron chi connectivity index (χ2n) is 4.19. The number of hydrogen-bond donors (Lipinski definition) is 1. The summed E-state index contributed by atoms with van der Waals surface area (Å²) in [5.41, 5.74) is 1.20. The van der Waals surface area contributed by atoms with Crippen LogP contribution in [0.4, 0.5) is 0 Å². The van der Waals surface area contributed by atoms with Crippen molar-refractivity contribution in [1.82, 2.24) is 10.3 Å². The van der Waals surface area contributed by atoms with E-state index < -0.39 is 0 Å². The van der Waals surface area contributed by atoms with E-state index in [1.165, 1.54) is 12.0 Å². The highest BCUT2D eigenvalue weighted by Crippen LogP contribution is 2.22. The number of thioether (sulfide) groups is 1. The first-order valence-electron chi connectivity index (χ1n) is 5.60. The average Bonchev–Trinajstić information content (AvgIpc) is 2.27. The summed E-state index contributed by atoms with van der Waals surface area (Å²) in [6.07, 6.45) is 4.82. The summed E-state index contributed by atoms with van der Waals surface area (Å²) in [6.45, 7) is 5.19. The van der Waals surface area contributed by atoms with Crippen LogP contribution in [-0.2, 0) is 6.54 Å². The van der Waals surface area contributed by atoms with Crippen molar-refractivity contribution in [2.24, 2.45) is 4.99 Å². The third-order valence-corrected chi connectivity index (χ3v) is 3.59. The molecule has 1 fully saturated rings. The maximum Gasteiger partial charge on any atom is 0.157 e. The van der Waals surface area contributed by atoms with Crippen LogP contribution in [0.2, 0.25) is 0 Å². The molecule has 3 nitrogen and oxygen atoms in total. The van der Waals surface area contributed by atoms with Gasteiger partial charge in [-0.15, -0.1) is 0 Å². The molecule has 86 valence electrons. The molecule has 4 heteroatoms. The topological polar surface area (TPSA) is 37.3 Å². The van der Waals surface area contributed by atoms with Crippen LogP contribution in [0.3, 0.4) is 0 Å². The lowest BCUT2D eigenvalue weighted by atomic mass is 10.2. The van der Waals surface area contributed by atoms with Gasteiger partial charge in [-0.1, -0.05) is 18.7 Å². The van der Waals surface area contributed by atoms with Crippen LogP contribution in [0.15, 0.2) is 29.5 Å². The fourth-order valence-electron chi connectivity index (χ4n) is 1.77. The zero-order valence-electron chi connectivity index (χ0n) is 9.68. The highest BCUT2D eigenvalue weighted by molar-refractivity contribution is 8.14. The number of rotatable bonds is 2. The Morgan fingerprint density at radius 1 is 1.44 bits per heavy atom. The minimum Gasteiger partial charge on any atom is -0.362 e. The van der Waals surface area contributed by atoms with E-state index in [0.29, 0.717) is 11.3 Å². The summed E-state index contributed by atoms with van der Waals surface area (Å²) < 4.78 is 0. The van der Waals surface area contributed by atoms with Crippen LogP contribution in [0, 0.1) is 0 Å². The normalized spacial score (nSPS) is 27.8. The molecule has 1 aliphatic heterocycles. The summed E-state index contributed by atoms with van der Waals surface area (Å²) in [5, 5.41) is 5.15. The van der Waals surface area contributed by atoms with Crippen LogP contribution in [-0.4, -0.2) is 21.4 Å². The van der Waals surface area contributed by atoms with E-state index in [-0.39, 0.29) is 0 Å². The molecular weight excluding hydrogens is 218 g/mol. The second-order valence-corrected chi connectivity index (χ2v) is 5.61. The smallest absolute Gasteiger partial charge is 0.157 e. The first-order chi connectivity index (χ1) is 7.74. The van der Waals surface area contributed by atoms with Gasteiger partial charge in [0.1, 0.15) is 0 Å². The van der Waals surface area contributed by atoms with E-state index in [0.717, 1.165) is 11.7 Å². The van der Waals surface area contributed by atoms with Crippen molar-refractivity contribution in [2.45, 2.75) is 38.1 Å². The number of amidine groups is 1. The molecule has 2 rings (SSSR count). The minimum absolute atomic E-state index is 0.535. The minimum atomic E-state index is 0.535. The molecule has 0 saturated carbocycles. The molecule has 1 saturated heterocycles. The summed E-state index contributed by atoms with van der Waals surface area (Å²) in [4.78, 5) is 8.59. The Morgan fingerprint density at radius 2 is 2.19 bits per heavy atom. The van der Waals surface area contributed by atoms with Crippen LogP contribution in [0.5, 0.6) is 0 Å². The van der Waals surface area contributed by atoms with Crippen LogP contribution >= 0.6 is 11.8 Å². The third-order valence-electron chi connectivity index (χ3n) is 2.52. The summed E-state index contributed by atoms with van der Waals surface area (Å²) in [5.74, 6) is 0. The first-order valence-corrected chi connectivity index (χ1v) is 6.48. The molecule has 1 N–H and O–H groups in total. The molecule has 0 spiro atoms. The van der Waals surface area contributed by atoms with Gasteiger partial charge in [-0.2, -0.15) is 0 Å². The lowest BCUT2D eigenvalue weighted by Gasteiger charge is -2.26. The zero-order chi connectivity index (χ0) is 11.4. The monoisotopic (exact) mass is 235 g/mol. The fourth-order valence-corrected chi connectivity index (χ4v) is 2.95. The Bertz CT molecular complexity index is 352. The summed E-state index contributed by atoms with van der Waals surface area (Å²) in [7, 11) is 0. The van der Waals surface area contributed by atoms with E-state index in [9.17, 15) is 0 Å². The molecular formula is C12H17N3S. The van der Waals surface area contributed by atoms with Gasteiger partial charge in [-0.3, -0.25) is 9.98 Å². The first kappa shape index (κ1) is 11.5. The van der Waals surface area contributed by atoms with Gasteiger partial charge in [-0.05, 0) is 31.0 Å². The summed E-state index contributed by atoms with van der Waals surface area (Å²) >= 11 is 1.83. The van der Waals surface area contributed by atoms with Gasteiger partial charge in [0.2, 0.25) is 0 Å². The fraction of sp³-hybridized carbons (Fsp3) is 0.500. The van der Waals surface area contributed by atoms with Crippen molar-refractivity contribution in [3.8, 4) is 0 Å². The SMILES string of the molecule is CC1CC(C)SC(=NCc2ccncc2)N1. The van der Waals surface area contributed by atoms with Gasteiger partial charge >= 0.3 is 0 Å². The number of nitrogens with zero attached hydrogens (tertiary/aromatic N) is 2. The maximum atomic E-state index is 4.60. The van der Waals surface area contributed by atoms with Crippen molar-refractivity contribution in [3.05, 3.63) is 30.1 Å². The van der Waals surface area contributed by atoms with Gasteiger partial charge in [0, 0.05) is 23.7 Å². The molecule has 1 aromatic heterocycles. The Morgan fingerprint density at radius 3 is 2.88 bits per heavy atom. The van der Waals surface area contributed by atoms with E-state index in [1.807, 2.05) is 36.3 Å². The Labute approximate surface area is 101 Å². The predicted octanol–water partition coefficient (Wildman–Crippen LogP) is 2.44. The largest absolute Gasteiger partial charge is 0.362 e. The standard InChI is InChI=1S/C12H17N3S/c1-9-7-10(2)16-12(15-9)14-8-11-3-5-13-6-4-11/h3-6,9-10H,7-8H2,1-2H3,(H,14,15). The Hall–Kier alpha value is -1.03. The highest BCUT2D eigenvalue weighted by atomic mass is 32.2. The number of hydrogen-bond acceptors (Lipinski definition) is 3. The van der Waals surface area contributed by atoms with Crippen molar-refractivity contribution < 1.29 is 0 Å². The molecule has 0 radical (unpaired) electrons. The van der Waals surface area contributed by atoms with Gasteiger partial charge in [0.15, 0.2) is 5.17 Å². The van der Waals surface area contributed by atoms with Crippen LogP contribution in [0.25, 0.3) is 0 Å². The van der Waals surface area contributed by atoms with E-state index >= 15 is 0 Å². The highest BCUT2D eigenvalue weighted by Gasteiger charge is 2.19. The number of aromatic nitrogens is 1. The van der Waals surface area contributed by atoms with E-state index in [4.69, 9.17) is 0 Å². The Balaban J connectivity index is 1.97. The molecule has 1 aromatic rings. The molecule has 0 aliphatic carbocycles. The zero-order valence-corrected chi connectivity index (χ0v) is 10.5. The van der Waals surface area contributed by atoms with Crippen LogP contribution in [0.1, 0.15) is 25.8 Å². The molecule has 0 aromatic carbocycles. The Kier molecular flexibility index (Phi) is 3.83. The maximum absolute atomic E-state index is 4.60. The molecule has 16 heavy (non-hydrogen) atoms. The quantitative estimate of drug-likeness (QED) is 0.855. The molecule has 0 bridgehead atoms. The van der Waals surface area contributed by atoms with Crippen molar-refractivity contribution in [3.63, 3.8) is 0 Å². The molecule has 2 atom stereocenters. The predicted molar refractivity (Wildman–Crippen MR) is 69.6 cm³/mol. The van der Waals surface area contributed by atoms with Crippen molar-refractivity contribution in [2.75, 3.05) is 0 Å². The van der Waals surface area contributed by atoms with Crippen LogP contribution < -0.4 is 5.32 Å². The van der Waals surface area contributed by atoms with Gasteiger partial charge < -0.3 is 5.32 Å². The molecule has 1 aliphatic rings. The molecule has 0 amide bonds. The average molecular weight is 235 g/mol. The van der Waals surface area contributed by atoms with E-state index in [1.54, 1.807) is 0 Å². The second kappa shape index (κ2) is 5.34. The lowest BCUT2D eigenvalue weighted by molar-refractivity contribution is 0.597. The van der Waals surface area contributed by atoms with E-state index in [2.05, 4.69) is 29.1 Å². The summed E-state index contributed by atoms with van der Waals surface area (Å²) in [6, 6.07) is 4.54. The van der Waals surface area contributed by atoms with Gasteiger partial charge in [-0.25, -0.2) is 0 Å². The van der Waals surface area contributed by atoms with Gasteiger partial charge in [0.25, 0.3) is 0 Å². The number of pyridine rings is 1. The number of nitrogens with one attached hydrogen (secondary N) is 1. The van der Waals surface area contributed by atoms with Crippen molar-refractivity contribution in [1.29, 1.82) is 0 Å². The van der Waals surface area contributed by atoms with Gasteiger partial charge in [0.05, 0.1) is 6.54 Å². The lowest BCUT2D eigenvalue weighted by Crippen LogP contribution is -2.38. The third kappa shape index (κ3) is 3.23. The van der Waals surface area contributed by atoms with Crippen molar-refractivity contribution >= 4 is 16.9 Å².